The van der Waals surface area contributed by atoms with Gasteiger partial charge in [0, 0.05) is 17.1 Å². The molecule has 0 aliphatic carbocycles. The first-order chi connectivity index (χ1) is 10.2. The number of carbonyl (C=O) groups is 1. The Labute approximate surface area is 125 Å². The predicted octanol–water partition coefficient (Wildman–Crippen LogP) is 2.85. The molecule has 0 radical (unpaired) electrons. The molecular formula is C14H11ClN4O2. The van der Waals surface area contributed by atoms with Gasteiger partial charge in [0.25, 0.3) is 0 Å². The monoisotopic (exact) mass is 302 g/mol. The number of halogens is 1. The first kappa shape index (κ1) is 13.5. The Morgan fingerprint density at radius 1 is 1.33 bits per heavy atom. The van der Waals surface area contributed by atoms with Gasteiger partial charge in [-0.3, -0.25) is 0 Å². The second kappa shape index (κ2) is 5.49. The molecule has 1 aromatic carbocycles. The van der Waals surface area contributed by atoms with Crippen LogP contribution < -0.4 is 0 Å². The summed E-state index contributed by atoms with van der Waals surface area (Å²) in [5.74, 6) is -0.505. The molecule has 0 atom stereocenters. The van der Waals surface area contributed by atoms with Crippen LogP contribution in [0.5, 0.6) is 0 Å². The van der Waals surface area contributed by atoms with E-state index in [1.54, 1.807) is 13.1 Å². The number of aromatic amines is 1. The fraction of sp³-hybridized carbons (Fsp3) is 0.143. The summed E-state index contributed by atoms with van der Waals surface area (Å²) in [6, 6.07) is 7.37. The van der Waals surface area contributed by atoms with Crippen molar-refractivity contribution >= 4 is 28.3 Å². The minimum atomic E-state index is -0.505. The molecule has 106 valence electrons. The molecule has 2 heterocycles. The van der Waals surface area contributed by atoms with Gasteiger partial charge in [0.2, 0.25) is 0 Å². The lowest BCUT2D eigenvalue weighted by molar-refractivity contribution is 0.0520. The van der Waals surface area contributed by atoms with Gasteiger partial charge in [-0.2, -0.15) is 10.3 Å². The summed E-state index contributed by atoms with van der Waals surface area (Å²) in [5, 5.41) is 12.5. The van der Waals surface area contributed by atoms with Crippen LogP contribution in [0.25, 0.3) is 22.0 Å². The van der Waals surface area contributed by atoms with Crippen LogP contribution in [0.4, 0.5) is 0 Å². The molecule has 0 aliphatic rings. The molecule has 21 heavy (non-hydrogen) atoms. The molecule has 7 heteroatoms. The fourth-order valence-electron chi connectivity index (χ4n) is 2.06. The Kier molecular flexibility index (Phi) is 3.53. The average Bonchev–Trinajstić information content (AvgIpc) is 2.97. The van der Waals surface area contributed by atoms with Crippen molar-refractivity contribution in [2.75, 3.05) is 6.61 Å². The van der Waals surface area contributed by atoms with Crippen molar-refractivity contribution in [3.8, 4) is 11.3 Å². The summed E-state index contributed by atoms with van der Waals surface area (Å²) < 4.78 is 4.96. The van der Waals surface area contributed by atoms with Gasteiger partial charge in [-0.1, -0.05) is 23.7 Å². The van der Waals surface area contributed by atoms with Gasteiger partial charge in [-0.15, -0.1) is 5.10 Å². The zero-order chi connectivity index (χ0) is 14.8. The summed E-state index contributed by atoms with van der Waals surface area (Å²) in [5.41, 5.74) is 1.36. The average molecular weight is 303 g/mol. The van der Waals surface area contributed by atoms with Crippen LogP contribution in [0.1, 0.15) is 17.4 Å². The van der Waals surface area contributed by atoms with E-state index in [9.17, 15) is 4.79 Å². The lowest BCUT2D eigenvalue weighted by atomic mass is 10.1. The summed E-state index contributed by atoms with van der Waals surface area (Å²) in [6.07, 6.45) is 1.63. The molecular weight excluding hydrogens is 292 g/mol. The third-order valence-electron chi connectivity index (χ3n) is 3.01. The molecule has 0 fully saturated rings. The number of nitrogens with one attached hydrogen (secondary N) is 1. The van der Waals surface area contributed by atoms with Crippen molar-refractivity contribution in [1.29, 1.82) is 0 Å². The van der Waals surface area contributed by atoms with E-state index < -0.39 is 5.97 Å². The van der Waals surface area contributed by atoms with E-state index in [1.807, 2.05) is 24.3 Å². The van der Waals surface area contributed by atoms with E-state index in [2.05, 4.69) is 20.4 Å². The maximum atomic E-state index is 11.8. The minimum absolute atomic E-state index is 0.163. The van der Waals surface area contributed by atoms with E-state index in [-0.39, 0.29) is 12.3 Å². The first-order valence-corrected chi connectivity index (χ1v) is 6.71. The second-order valence-corrected chi connectivity index (χ2v) is 4.64. The van der Waals surface area contributed by atoms with Crippen molar-refractivity contribution in [2.24, 2.45) is 0 Å². The van der Waals surface area contributed by atoms with E-state index in [4.69, 9.17) is 16.3 Å². The lowest BCUT2D eigenvalue weighted by Crippen LogP contribution is -2.06. The first-order valence-electron chi connectivity index (χ1n) is 6.33. The Morgan fingerprint density at radius 2 is 2.19 bits per heavy atom. The standard InChI is InChI=1S/C14H11ClN4O2/c1-2-21-14(20)12-11(17-19-18-12)9-3-4-10-8(7-9)5-6-16-13(10)15/h3-7H,2H2,1H3,(H,17,18,19). The van der Waals surface area contributed by atoms with Crippen LogP contribution in [0.15, 0.2) is 30.5 Å². The van der Waals surface area contributed by atoms with Crippen LogP contribution in [0, 0.1) is 0 Å². The Morgan fingerprint density at radius 3 is 3.00 bits per heavy atom. The van der Waals surface area contributed by atoms with Crippen LogP contribution in [0.3, 0.4) is 0 Å². The smallest absolute Gasteiger partial charge is 0.361 e. The highest BCUT2D eigenvalue weighted by Crippen LogP contribution is 2.27. The zero-order valence-electron chi connectivity index (χ0n) is 11.1. The van der Waals surface area contributed by atoms with Crippen LogP contribution in [-0.4, -0.2) is 33.0 Å². The highest BCUT2D eigenvalue weighted by molar-refractivity contribution is 6.34. The number of pyridine rings is 1. The Hall–Kier alpha value is -2.47. The molecule has 0 bridgehead atoms. The van der Waals surface area contributed by atoms with Crippen molar-refractivity contribution in [1.82, 2.24) is 20.4 Å². The Bertz CT molecular complexity index is 816. The highest BCUT2D eigenvalue weighted by atomic mass is 35.5. The quantitative estimate of drug-likeness (QED) is 0.594. The summed E-state index contributed by atoms with van der Waals surface area (Å²) in [7, 11) is 0. The van der Waals surface area contributed by atoms with Crippen LogP contribution in [0.2, 0.25) is 5.15 Å². The van der Waals surface area contributed by atoms with E-state index >= 15 is 0 Å². The highest BCUT2D eigenvalue weighted by Gasteiger charge is 2.19. The number of fused-ring (bicyclic) bond motifs is 1. The maximum Gasteiger partial charge on any atom is 0.361 e. The summed E-state index contributed by atoms with van der Waals surface area (Å²) >= 11 is 6.04. The molecule has 0 aliphatic heterocycles. The van der Waals surface area contributed by atoms with Crippen molar-refractivity contribution in [2.45, 2.75) is 6.92 Å². The van der Waals surface area contributed by atoms with Gasteiger partial charge in [-0.05, 0) is 24.4 Å². The molecule has 0 unspecified atom stereocenters. The SMILES string of the molecule is CCOC(=O)c1n[nH]nc1-c1ccc2c(Cl)nccc2c1. The number of carbonyl (C=O) groups excluding carboxylic acids is 1. The maximum absolute atomic E-state index is 11.8. The molecule has 0 amide bonds. The van der Waals surface area contributed by atoms with Gasteiger partial charge < -0.3 is 4.74 Å². The minimum Gasteiger partial charge on any atom is -0.461 e. The summed E-state index contributed by atoms with van der Waals surface area (Å²) in [6.45, 7) is 2.02. The van der Waals surface area contributed by atoms with Gasteiger partial charge in [0.1, 0.15) is 10.8 Å². The molecule has 0 saturated heterocycles. The fourth-order valence-corrected chi connectivity index (χ4v) is 2.29. The number of hydrogen-bond donors (Lipinski definition) is 1. The molecule has 0 saturated carbocycles. The summed E-state index contributed by atoms with van der Waals surface area (Å²) in [4.78, 5) is 15.9. The van der Waals surface area contributed by atoms with E-state index in [1.165, 1.54) is 0 Å². The van der Waals surface area contributed by atoms with E-state index in [0.29, 0.717) is 10.8 Å². The van der Waals surface area contributed by atoms with Crippen molar-refractivity contribution in [3.05, 3.63) is 41.3 Å². The van der Waals surface area contributed by atoms with Gasteiger partial charge in [-0.25, -0.2) is 9.78 Å². The normalized spacial score (nSPS) is 10.8. The number of aromatic nitrogens is 4. The lowest BCUT2D eigenvalue weighted by Gasteiger charge is -2.04. The van der Waals surface area contributed by atoms with Crippen molar-refractivity contribution in [3.63, 3.8) is 0 Å². The largest absolute Gasteiger partial charge is 0.461 e. The predicted molar refractivity (Wildman–Crippen MR) is 78.1 cm³/mol. The third kappa shape index (κ3) is 2.45. The zero-order valence-corrected chi connectivity index (χ0v) is 11.9. The topological polar surface area (TPSA) is 80.8 Å². The van der Waals surface area contributed by atoms with Gasteiger partial charge >= 0.3 is 5.97 Å². The Balaban J connectivity index is 2.09. The van der Waals surface area contributed by atoms with Gasteiger partial charge in [0.05, 0.1) is 6.61 Å². The van der Waals surface area contributed by atoms with E-state index in [0.717, 1.165) is 16.3 Å². The molecule has 3 rings (SSSR count). The number of benzene rings is 1. The molecule has 0 spiro atoms. The number of nitrogens with zero attached hydrogens (tertiary/aromatic N) is 3. The molecule has 3 aromatic rings. The van der Waals surface area contributed by atoms with Gasteiger partial charge in [0.15, 0.2) is 5.69 Å². The molecule has 2 aromatic heterocycles. The molecule has 1 N–H and O–H groups in total. The number of esters is 1. The van der Waals surface area contributed by atoms with Crippen molar-refractivity contribution < 1.29 is 9.53 Å². The number of hydrogen-bond acceptors (Lipinski definition) is 5. The molecule has 6 nitrogen and oxygen atoms in total. The van der Waals surface area contributed by atoms with Crippen LogP contribution in [-0.2, 0) is 4.74 Å². The number of rotatable bonds is 3. The second-order valence-electron chi connectivity index (χ2n) is 4.28. The number of H-pyrrole nitrogens is 1. The number of ether oxygens (including phenoxy) is 1. The van der Waals surface area contributed by atoms with Crippen LogP contribution >= 0.6 is 11.6 Å². The third-order valence-corrected chi connectivity index (χ3v) is 3.31.